The van der Waals surface area contributed by atoms with E-state index in [-0.39, 0.29) is 12.0 Å². The number of amides is 1. The fourth-order valence-electron chi connectivity index (χ4n) is 3.51. The molecule has 0 radical (unpaired) electrons. The Hall–Kier alpha value is -2.36. The SMILES string of the molecule is Cc1ccc(C2(C(=O)Nc3ccc(OC(C)C)nc3)CCCC2)cc1. The first kappa shape index (κ1) is 17.5. The lowest BCUT2D eigenvalue weighted by Crippen LogP contribution is -2.38. The molecule has 0 atom stereocenters. The molecule has 4 nitrogen and oxygen atoms in total. The summed E-state index contributed by atoms with van der Waals surface area (Å²) < 4.78 is 5.55. The van der Waals surface area contributed by atoms with Crippen LogP contribution < -0.4 is 10.1 Å². The number of carbonyl (C=O) groups is 1. The molecule has 25 heavy (non-hydrogen) atoms. The van der Waals surface area contributed by atoms with Gasteiger partial charge in [-0.05, 0) is 45.2 Å². The molecule has 1 N–H and O–H groups in total. The Bertz CT molecular complexity index is 715. The van der Waals surface area contributed by atoms with Gasteiger partial charge in [0.2, 0.25) is 11.8 Å². The minimum Gasteiger partial charge on any atom is -0.475 e. The number of aryl methyl sites for hydroxylation is 1. The van der Waals surface area contributed by atoms with Gasteiger partial charge in [-0.3, -0.25) is 4.79 Å². The van der Waals surface area contributed by atoms with Gasteiger partial charge in [0.1, 0.15) is 0 Å². The Labute approximate surface area is 149 Å². The smallest absolute Gasteiger partial charge is 0.235 e. The molecule has 1 aromatic carbocycles. The number of aromatic nitrogens is 1. The maximum atomic E-state index is 13.1. The van der Waals surface area contributed by atoms with Crippen molar-refractivity contribution in [3.8, 4) is 5.88 Å². The Kier molecular flexibility index (Phi) is 5.07. The molecule has 1 heterocycles. The maximum absolute atomic E-state index is 13.1. The van der Waals surface area contributed by atoms with Crippen molar-refractivity contribution in [3.05, 3.63) is 53.7 Å². The summed E-state index contributed by atoms with van der Waals surface area (Å²) in [5.41, 5.74) is 2.60. The number of nitrogens with one attached hydrogen (secondary N) is 1. The zero-order valence-corrected chi connectivity index (χ0v) is 15.2. The predicted octanol–water partition coefficient (Wildman–Crippen LogP) is 4.63. The molecule has 0 aliphatic heterocycles. The van der Waals surface area contributed by atoms with E-state index >= 15 is 0 Å². The molecule has 4 heteroatoms. The van der Waals surface area contributed by atoms with Gasteiger partial charge in [0.05, 0.1) is 23.4 Å². The summed E-state index contributed by atoms with van der Waals surface area (Å²) in [5.74, 6) is 0.635. The van der Waals surface area contributed by atoms with Crippen molar-refractivity contribution < 1.29 is 9.53 Å². The van der Waals surface area contributed by atoms with Crippen LogP contribution in [-0.4, -0.2) is 17.0 Å². The van der Waals surface area contributed by atoms with Gasteiger partial charge < -0.3 is 10.1 Å². The Balaban J connectivity index is 1.78. The van der Waals surface area contributed by atoms with Crippen LogP contribution in [0.4, 0.5) is 5.69 Å². The lowest BCUT2D eigenvalue weighted by Gasteiger charge is -2.28. The van der Waals surface area contributed by atoms with Crippen molar-refractivity contribution in [2.45, 2.75) is 58.0 Å². The molecule has 1 aliphatic carbocycles. The number of rotatable bonds is 5. The van der Waals surface area contributed by atoms with Crippen LogP contribution in [0.2, 0.25) is 0 Å². The molecular formula is C21H26N2O2. The fraction of sp³-hybridized carbons (Fsp3) is 0.429. The van der Waals surface area contributed by atoms with Gasteiger partial charge in [0.25, 0.3) is 0 Å². The van der Waals surface area contributed by atoms with Crippen LogP contribution >= 0.6 is 0 Å². The van der Waals surface area contributed by atoms with Gasteiger partial charge in [-0.1, -0.05) is 42.7 Å². The van der Waals surface area contributed by atoms with E-state index < -0.39 is 5.41 Å². The molecule has 1 saturated carbocycles. The summed E-state index contributed by atoms with van der Waals surface area (Å²) in [6, 6.07) is 12.0. The molecule has 1 amide bonds. The first-order valence-corrected chi connectivity index (χ1v) is 9.01. The first-order chi connectivity index (χ1) is 12.0. The molecule has 2 aromatic rings. The van der Waals surface area contributed by atoms with Crippen molar-refractivity contribution in [1.82, 2.24) is 4.98 Å². The number of carbonyl (C=O) groups excluding carboxylic acids is 1. The number of hydrogen-bond donors (Lipinski definition) is 1. The van der Waals surface area contributed by atoms with Crippen molar-refractivity contribution in [2.24, 2.45) is 0 Å². The highest BCUT2D eigenvalue weighted by Crippen LogP contribution is 2.42. The average molecular weight is 338 g/mol. The Morgan fingerprint density at radius 1 is 1.12 bits per heavy atom. The van der Waals surface area contributed by atoms with E-state index in [1.807, 2.05) is 19.9 Å². The molecule has 1 aliphatic rings. The van der Waals surface area contributed by atoms with E-state index in [0.717, 1.165) is 31.2 Å². The Morgan fingerprint density at radius 3 is 2.36 bits per heavy atom. The van der Waals surface area contributed by atoms with Crippen molar-refractivity contribution >= 4 is 11.6 Å². The number of nitrogens with zero attached hydrogens (tertiary/aromatic N) is 1. The normalized spacial score (nSPS) is 16.0. The fourth-order valence-corrected chi connectivity index (χ4v) is 3.51. The van der Waals surface area contributed by atoms with Crippen LogP contribution in [-0.2, 0) is 10.2 Å². The van der Waals surface area contributed by atoms with E-state index in [0.29, 0.717) is 11.6 Å². The monoisotopic (exact) mass is 338 g/mol. The van der Waals surface area contributed by atoms with E-state index in [1.54, 1.807) is 12.3 Å². The number of benzene rings is 1. The molecule has 0 bridgehead atoms. The van der Waals surface area contributed by atoms with Crippen LogP contribution in [0.15, 0.2) is 42.6 Å². The van der Waals surface area contributed by atoms with Crippen molar-refractivity contribution in [3.63, 3.8) is 0 Å². The number of pyridine rings is 1. The second-order valence-corrected chi connectivity index (χ2v) is 7.16. The minimum atomic E-state index is -0.430. The molecule has 3 rings (SSSR count). The highest BCUT2D eigenvalue weighted by atomic mass is 16.5. The third-order valence-corrected chi connectivity index (χ3v) is 4.85. The zero-order valence-electron chi connectivity index (χ0n) is 15.2. The molecule has 0 saturated heterocycles. The van der Waals surface area contributed by atoms with Crippen molar-refractivity contribution in [1.29, 1.82) is 0 Å². The highest BCUT2D eigenvalue weighted by molar-refractivity contribution is 5.99. The van der Waals surface area contributed by atoms with Crippen LogP contribution in [0, 0.1) is 6.92 Å². The molecule has 1 fully saturated rings. The van der Waals surface area contributed by atoms with E-state index in [1.165, 1.54) is 5.56 Å². The maximum Gasteiger partial charge on any atom is 0.235 e. The molecule has 0 spiro atoms. The lowest BCUT2D eigenvalue weighted by molar-refractivity contribution is -0.121. The van der Waals surface area contributed by atoms with Gasteiger partial charge in [0.15, 0.2) is 0 Å². The van der Waals surface area contributed by atoms with Crippen LogP contribution in [0.1, 0.15) is 50.7 Å². The average Bonchev–Trinajstić information content (AvgIpc) is 3.08. The summed E-state index contributed by atoms with van der Waals surface area (Å²) >= 11 is 0. The zero-order chi connectivity index (χ0) is 17.9. The van der Waals surface area contributed by atoms with Gasteiger partial charge in [-0.2, -0.15) is 0 Å². The standard InChI is InChI=1S/C21H26N2O2/c1-15(2)25-19-11-10-18(14-22-19)23-20(24)21(12-4-5-13-21)17-8-6-16(3)7-9-17/h6-11,14-15H,4-5,12-13H2,1-3H3,(H,23,24). The second kappa shape index (κ2) is 7.26. The predicted molar refractivity (Wildman–Crippen MR) is 100.0 cm³/mol. The van der Waals surface area contributed by atoms with Crippen molar-refractivity contribution in [2.75, 3.05) is 5.32 Å². The molecule has 0 unspecified atom stereocenters. The largest absolute Gasteiger partial charge is 0.475 e. The summed E-state index contributed by atoms with van der Waals surface area (Å²) in [5, 5.41) is 3.06. The Morgan fingerprint density at radius 2 is 1.80 bits per heavy atom. The summed E-state index contributed by atoms with van der Waals surface area (Å²) in [4.78, 5) is 17.4. The molecule has 1 aromatic heterocycles. The number of anilines is 1. The van der Waals surface area contributed by atoms with E-state index in [4.69, 9.17) is 4.74 Å². The topological polar surface area (TPSA) is 51.2 Å². The minimum absolute atomic E-state index is 0.0631. The van der Waals surface area contributed by atoms with Crippen LogP contribution in [0.5, 0.6) is 5.88 Å². The first-order valence-electron chi connectivity index (χ1n) is 9.01. The third kappa shape index (κ3) is 3.84. The molecule has 132 valence electrons. The van der Waals surface area contributed by atoms with Gasteiger partial charge in [-0.15, -0.1) is 0 Å². The van der Waals surface area contributed by atoms with Crippen LogP contribution in [0.3, 0.4) is 0 Å². The lowest BCUT2D eigenvalue weighted by atomic mass is 9.77. The quantitative estimate of drug-likeness (QED) is 0.865. The van der Waals surface area contributed by atoms with E-state index in [2.05, 4.69) is 41.5 Å². The molecular weight excluding hydrogens is 312 g/mol. The van der Waals surface area contributed by atoms with Gasteiger partial charge in [0, 0.05) is 6.07 Å². The number of hydrogen-bond acceptors (Lipinski definition) is 3. The third-order valence-electron chi connectivity index (χ3n) is 4.85. The summed E-state index contributed by atoms with van der Waals surface area (Å²) in [6.07, 6.45) is 5.69. The highest BCUT2D eigenvalue weighted by Gasteiger charge is 2.42. The number of ether oxygens (including phenoxy) is 1. The second-order valence-electron chi connectivity index (χ2n) is 7.16. The summed E-state index contributed by atoms with van der Waals surface area (Å²) in [6.45, 7) is 5.99. The summed E-state index contributed by atoms with van der Waals surface area (Å²) in [7, 11) is 0. The van der Waals surface area contributed by atoms with Gasteiger partial charge in [-0.25, -0.2) is 4.98 Å². The van der Waals surface area contributed by atoms with E-state index in [9.17, 15) is 4.79 Å². The van der Waals surface area contributed by atoms with Gasteiger partial charge >= 0.3 is 0 Å². The van der Waals surface area contributed by atoms with Crippen LogP contribution in [0.25, 0.3) is 0 Å².